The Balaban J connectivity index is 1.58. The average Bonchev–Trinajstić information content (AvgIpc) is 3.24. The van der Waals surface area contributed by atoms with Crippen molar-refractivity contribution in [1.82, 2.24) is 10.6 Å². The summed E-state index contributed by atoms with van der Waals surface area (Å²) in [5, 5.41) is 27.2. The van der Waals surface area contributed by atoms with Crippen LogP contribution < -0.4 is 20.1 Å². The van der Waals surface area contributed by atoms with Gasteiger partial charge in [-0.05, 0) is 103 Å². The van der Waals surface area contributed by atoms with Crippen LogP contribution in [0.25, 0.3) is 0 Å². The molecule has 4 N–H and O–H groups in total. The van der Waals surface area contributed by atoms with Gasteiger partial charge in [0.2, 0.25) is 0 Å². The van der Waals surface area contributed by atoms with Gasteiger partial charge in [0.1, 0.15) is 11.5 Å². The quantitative estimate of drug-likeness (QED) is 0.0433. The normalized spacial score (nSPS) is 13.4. The Kier molecular flexibility index (Phi) is 29.5. The lowest BCUT2D eigenvalue weighted by Crippen LogP contribution is -2.46. The summed E-state index contributed by atoms with van der Waals surface area (Å²) < 4.78 is 58.7. The minimum atomic E-state index is -2.63. The number of hydrogen-bond donors (Lipinski definition) is 4. The zero-order valence-corrected chi connectivity index (χ0v) is 40.8. The molecule has 0 fully saturated rings. The van der Waals surface area contributed by atoms with E-state index >= 15 is 0 Å². The van der Waals surface area contributed by atoms with E-state index in [2.05, 4.69) is 48.7 Å². The van der Waals surface area contributed by atoms with E-state index in [1.165, 1.54) is 11.1 Å². The van der Waals surface area contributed by atoms with Crippen LogP contribution in [0.15, 0.2) is 48.5 Å². The molecule has 0 aliphatic rings. The molecule has 352 valence electrons. The lowest BCUT2D eigenvalue weighted by atomic mass is 9.78. The first-order valence-electron chi connectivity index (χ1n) is 22.8. The minimum Gasteiger partial charge on any atom is -0.494 e. The van der Waals surface area contributed by atoms with Crippen LogP contribution in [0.4, 0.5) is 0 Å². The van der Waals surface area contributed by atoms with Gasteiger partial charge in [-0.15, -0.1) is 0 Å². The highest BCUT2D eigenvalue weighted by molar-refractivity contribution is 6.61. The number of aliphatic hydroxyl groups excluding tert-OH is 2. The fraction of sp³-hybridized carbons (Fsp3) is 0.733. The topological polar surface area (TPSA) is 157 Å². The Morgan fingerprint density at radius 1 is 0.492 bits per heavy atom. The largest absolute Gasteiger partial charge is 0.500 e. The van der Waals surface area contributed by atoms with Crippen molar-refractivity contribution in [2.24, 2.45) is 0 Å². The standard InChI is InChI=1S/C45H82N2O12Si2/c1-9-54-60(55-10-2,56-11-3)33-15-27-46-35-41(48)37-50-29-17-31-52-43-23-19-39(20-24-43)45(7,8)40-21-25-44(26-22-40)53-32-18-30-51-38-42(49)36-47-28-16-34-61(57-12-4,58-13-5)59-14-6/h19-26,41-42,46-49H,9-18,27-38H2,1-8H3. The number of benzene rings is 2. The van der Waals surface area contributed by atoms with Crippen molar-refractivity contribution in [3.05, 3.63) is 59.7 Å². The van der Waals surface area contributed by atoms with Crippen molar-refractivity contribution in [2.75, 3.05) is 105 Å². The number of rotatable bonds is 40. The van der Waals surface area contributed by atoms with E-state index in [-0.39, 0.29) is 18.6 Å². The summed E-state index contributed by atoms with van der Waals surface area (Å²) in [4.78, 5) is 0. The van der Waals surface area contributed by atoms with Crippen molar-refractivity contribution in [2.45, 2.75) is 111 Å². The molecule has 2 aromatic rings. The summed E-state index contributed by atoms with van der Waals surface area (Å²) in [5.41, 5.74) is 2.15. The lowest BCUT2D eigenvalue weighted by molar-refractivity contribution is 0.0325. The zero-order chi connectivity index (χ0) is 44.7. The van der Waals surface area contributed by atoms with Gasteiger partial charge in [0.15, 0.2) is 0 Å². The van der Waals surface area contributed by atoms with Crippen LogP contribution in [0.2, 0.25) is 12.1 Å². The van der Waals surface area contributed by atoms with Crippen LogP contribution in [0, 0.1) is 0 Å². The van der Waals surface area contributed by atoms with Gasteiger partial charge in [0.25, 0.3) is 0 Å². The van der Waals surface area contributed by atoms with Crippen LogP contribution in [-0.4, -0.2) is 145 Å². The minimum absolute atomic E-state index is 0.213. The molecule has 2 rings (SSSR count). The predicted octanol–water partition coefficient (Wildman–Crippen LogP) is 6.36. The summed E-state index contributed by atoms with van der Waals surface area (Å²) in [6, 6.07) is 18.0. The van der Waals surface area contributed by atoms with Crippen LogP contribution in [0.3, 0.4) is 0 Å². The summed E-state index contributed by atoms with van der Waals surface area (Å²) in [6.07, 6.45) is 1.96. The second-order valence-electron chi connectivity index (χ2n) is 15.1. The van der Waals surface area contributed by atoms with Gasteiger partial charge < -0.3 is 66.4 Å². The van der Waals surface area contributed by atoms with Crippen molar-refractivity contribution < 1.29 is 55.7 Å². The molecule has 14 nitrogen and oxygen atoms in total. The number of aliphatic hydroxyl groups is 2. The monoisotopic (exact) mass is 899 g/mol. The maximum Gasteiger partial charge on any atom is 0.500 e. The summed E-state index contributed by atoms with van der Waals surface area (Å²) >= 11 is 0. The summed E-state index contributed by atoms with van der Waals surface area (Å²) in [5.74, 6) is 1.62. The van der Waals surface area contributed by atoms with Gasteiger partial charge >= 0.3 is 17.6 Å². The smallest absolute Gasteiger partial charge is 0.494 e. The molecule has 0 spiro atoms. The van der Waals surface area contributed by atoms with Gasteiger partial charge in [-0.2, -0.15) is 0 Å². The highest BCUT2D eigenvalue weighted by atomic mass is 28.4. The third-order valence-corrected chi connectivity index (χ3v) is 16.1. The molecule has 0 radical (unpaired) electrons. The van der Waals surface area contributed by atoms with Gasteiger partial charge in [0.05, 0.1) is 38.6 Å². The van der Waals surface area contributed by atoms with Gasteiger partial charge in [-0.1, -0.05) is 38.1 Å². The van der Waals surface area contributed by atoms with Crippen molar-refractivity contribution in [3.8, 4) is 11.5 Å². The van der Waals surface area contributed by atoms with E-state index in [9.17, 15) is 10.2 Å². The molecule has 0 aliphatic carbocycles. The van der Waals surface area contributed by atoms with E-state index in [1.54, 1.807) is 0 Å². The molecular weight excluding hydrogens is 817 g/mol. The van der Waals surface area contributed by atoms with E-state index < -0.39 is 29.8 Å². The van der Waals surface area contributed by atoms with Crippen LogP contribution in [-0.2, 0) is 41.4 Å². The first-order chi connectivity index (χ1) is 29.5. The Bertz CT molecular complexity index is 1210. The molecule has 0 heterocycles. The summed E-state index contributed by atoms with van der Waals surface area (Å²) in [6.45, 7) is 24.6. The Hall–Kier alpha value is -2.01. The van der Waals surface area contributed by atoms with Crippen LogP contribution in [0.5, 0.6) is 11.5 Å². The van der Waals surface area contributed by atoms with E-state index in [0.717, 1.165) is 62.4 Å². The molecule has 0 amide bonds. The number of ether oxygens (including phenoxy) is 4. The fourth-order valence-corrected chi connectivity index (χ4v) is 12.0. The van der Waals surface area contributed by atoms with E-state index in [0.29, 0.717) is 79.2 Å². The van der Waals surface area contributed by atoms with Gasteiger partial charge in [0, 0.05) is 96.3 Å². The molecule has 0 aliphatic heterocycles. The molecule has 61 heavy (non-hydrogen) atoms. The highest BCUT2D eigenvalue weighted by Crippen LogP contribution is 2.33. The molecule has 2 unspecified atom stereocenters. The maximum atomic E-state index is 10.3. The molecule has 0 saturated heterocycles. The van der Waals surface area contributed by atoms with E-state index in [1.807, 2.05) is 65.8 Å². The predicted molar refractivity (Wildman–Crippen MR) is 245 cm³/mol. The molecule has 0 saturated carbocycles. The Labute approximate surface area is 370 Å². The number of nitrogens with one attached hydrogen (secondary N) is 2. The molecule has 2 aromatic carbocycles. The molecule has 0 aromatic heterocycles. The number of hydrogen-bond acceptors (Lipinski definition) is 14. The first-order valence-corrected chi connectivity index (χ1v) is 26.6. The summed E-state index contributed by atoms with van der Waals surface area (Å²) in [7, 11) is -5.26. The highest BCUT2D eigenvalue weighted by Gasteiger charge is 2.40. The fourth-order valence-electron chi connectivity index (χ4n) is 6.76. The lowest BCUT2D eigenvalue weighted by Gasteiger charge is -2.28. The molecule has 0 bridgehead atoms. The third kappa shape index (κ3) is 22.5. The first kappa shape index (κ1) is 55.1. The maximum absolute atomic E-state index is 10.3. The van der Waals surface area contributed by atoms with Crippen LogP contribution in [0.1, 0.15) is 92.2 Å². The molecule has 16 heteroatoms. The second-order valence-corrected chi connectivity index (χ2v) is 20.6. The third-order valence-electron chi connectivity index (χ3n) is 9.79. The van der Waals surface area contributed by atoms with E-state index in [4.69, 9.17) is 45.5 Å². The Morgan fingerprint density at radius 3 is 1.13 bits per heavy atom. The van der Waals surface area contributed by atoms with Gasteiger partial charge in [-0.25, -0.2) is 0 Å². The Morgan fingerprint density at radius 2 is 0.820 bits per heavy atom. The average molecular weight is 899 g/mol. The SMILES string of the molecule is CCO[Si](CCCNCC(O)COCCCOc1ccc(C(C)(C)c2ccc(OCCCOCC(O)CNCCC[Si](OCC)(OCC)OCC)cc2)cc1)(OCC)OCC. The molecular formula is C45H82N2O12Si2. The van der Waals surface area contributed by atoms with Crippen molar-refractivity contribution >= 4 is 17.6 Å². The van der Waals surface area contributed by atoms with Crippen LogP contribution >= 0.6 is 0 Å². The van der Waals surface area contributed by atoms with Gasteiger partial charge in [-0.3, -0.25) is 0 Å². The zero-order valence-electron chi connectivity index (χ0n) is 38.8. The van der Waals surface area contributed by atoms with Crippen molar-refractivity contribution in [3.63, 3.8) is 0 Å². The second kappa shape index (κ2) is 32.6. The van der Waals surface area contributed by atoms with Crippen molar-refractivity contribution in [1.29, 1.82) is 0 Å². The molecule has 2 atom stereocenters.